The zero-order valence-electron chi connectivity index (χ0n) is 14.2. The van der Waals surface area contributed by atoms with E-state index in [0.717, 1.165) is 29.1 Å². The Balaban J connectivity index is 1.85. The van der Waals surface area contributed by atoms with Crippen LogP contribution in [0.25, 0.3) is 16.7 Å². The molecular weight excluding hydrogens is 300 g/mol. The lowest BCUT2D eigenvalue weighted by Gasteiger charge is -2.11. The maximum absolute atomic E-state index is 12.4. The number of nitrogens with zero attached hydrogens (tertiary/aromatic N) is 3. The minimum atomic E-state index is -0.0921. The Kier molecular flexibility index (Phi) is 3.71. The van der Waals surface area contributed by atoms with Gasteiger partial charge in [0.25, 0.3) is 5.56 Å². The van der Waals surface area contributed by atoms with Gasteiger partial charge in [-0.1, -0.05) is 43.9 Å². The molecule has 1 aliphatic carbocycles. The minimum absolute atomic E-state index is 0.0921. The van der Waals surface area contributed by atoms with Gasteiger partial charge in [-0.25, -0.2) is 9.67 Å². The van der Waals surface area contributed by atoms with E-state index in [-0.39, 0.29) is 5.56 Å². The second kappa shape index (κ2) is 5.89. The minimum Gasteiger partial charge on any atom is -0.310 e. The molecule has 24 heavy (non-hydrogen) atoms. The van der Waals surface area contributed by atoms with Gasteiger partial charge in [-0.15, -0.1) is 0 Å². The van der Waals surface area contributed by atoms with E-state index in [1.54, 1.807) is 6.20 Å². The van der Waals surface area contributed by atoms with E-state index in [1.807, 2.05) is 10.7 Å². The van der Waals surface area contributed by atoms with Crippen molar-refractivity contribution in [2.75, 3.05) is 0 Å². The summed E-state index contributed by atoms with van der Waals surface area (Å²) in [5.74, 6) is 1.43. The van der Waals surface area contributed by atoms with Crippen LogP contribution in [0, 0.1) is 19.8 Å². The summed E-state index contributed by atoms with van der Waals surface area (Å²) in [6, 6.07) is 6.15. The molecule has 5 heteroatoms. The number of hydrogen-bond acceptors (Lipinski definition) is 3. The lowest BCUT2D eigenvalue weighted by atomic mass is 10.0. The molecule has 1 saturated carbocycles. The van der Waals surface area contributed by atoms with E-state index < -0.39 is 0 Å². The first-order valence-corrected chi connectivity index (χ1v) is 8.67. The predicted octanol–water partition coefficient (Wildman–Crippen LogP) is 3.46. The molecule has 1 fully saturated rings. The molecule has 0 amide bonds. The average molecular weight is 322 g/mol. The lowest BCUT2D eigenvalue weighted by Crippen LogP contribution is -2.15. The summed E-state index contributed by atoms with van der Waals surface area (Å²) in [6.07, 6.45) is 7.51. The first kappa shape index (κ1) is 15.1. The van der Waals surface area contributed by atoms with E-state index >= 15 is 0 Å². The van der Waals surface area contributed by atoms with Crippen LogP contribution in [0.3, 0.4) is 0 Å². The summed E-state index contributed by atoms with van der Waals surface area (Å²) in [6.45, 7) is 4.12. The molecule has 2 heterocycles. The zero-order chi connectivity index (χ0) is 16.7. The molecule has 2 aromatic heterocycles. The van der Waals surface area contributed by atoms with E-state index in [9.17, 15) is 4.79 Å². The molecule has 5 nitrogen and oxygen atoms in total. The highest BCUT2D eigenvalue weighted by atomic mass is 16.1. The molecule has 1 aromatic carbocycles. The van der Waals surface area contributed by atoms with E-state index in [2.05, 4.69) is 36.1 Å². The van der Waals surface area contributed by atoms with Gasteiger partial charge < -0.3 is 4.98 Å². The maximum atomic E-state index is 12.4. The molecule has 124 valence electrons. The van der Waals surface area contributed by atoms with Gasteiger partial charge in [0.2, 0.25) is 0 Å². The number of hydrogen-bond donors (Lipinski definition) is 1. The van der Waals surface area contributed by atoms with Gasteiger partial charge >= 0.3 is 0 Å². The third kappa shape index (κ3) is 2.54. The molecule has 0 unspecified atom stereocenters. The number of nitrogens with one attached hydrogen (secondary N) is 1. The summed E-state index contributed by atoms with van der Waals surface area (Å²) < 4.78 is 1.81. The number of aromatic nitrogens is 4. The molecule has 0 radical (unpaired) electrons. The quantitative estimate of drug-likeness (QED) is 0.803. The van der Waals surface area contributed by atoms with Crippen LogP contribution >= 0.6 is 0 Å². The number of aryl methyl sites for hydroxylation is 2. The van der Waals surface area contributed by atoms with Crippen molar-refractivity contribution in [1.29, 1.82) is 0 Å². The third-order valence-corrected chi connectivity index (χ3v) is 5.10. The molecule has 1 N–H and O–H groups in total. The molecule has 3 aromatic rings. The van der Waals surface area contributed by atoms with E-state index in [4.69, 9.17) is 4.98 Å². The van der Waals surface area contributed by atoms with Crippen molar-refractivity contribution in [2.45, 2.75) is 46.0 Å². The van der Waals surface area contributed by atoms with Gasteiger partial charge in [-0.2, -0.15) is 5.10 Å². The molecule has 0 bridgehead atoms. The second-order valence-corrected chi connectivity index (χ2v) is 6.90. The Bertz CT molecular complexity index is 927. The second-order valence-electron chi connectivity index (χ2n) is 6.90. The van der Waals surface area contributed by atoms with Gasteiger partial charge in [0.1, 0.15) is 11.2 Å². The van der Waals surface area contributed by atoms with Crippen molar-refractivity contribution < 1.29 is 0 Å². The third-order valence-electron chi connectivity index (χ3n) is 5.10. The Labute approximate surface area is 140 Å². The van der Waals surface area contributed by atoms with Crippen LogP contribution in [0.1, 0.15) is 42.6 Å². The van der Waals surface area contributed by atoms with Crippen molar-refractivity contribution in [1.82, 2.24) is 19.7 Å². The molecule has 0 spiro atoms. The fraction of sp³-hybridized carbons (Fsp3) is 0.421. The van der Waals surface area contributed by atoms with Gasteiger partial charge in [-0.05, 0) is 30.9 Å². The van der Waals surface area contributed by atoms with Crippen LogP contribution in [0.5, 0.6) is 0 Å². The number of rotatable bonds is 3. The number of H-pyrrole nitrogens is 1. The van der Waals surface area contributed by atoms with Crippen molar-refractivity contribution in [3.05, 3.63) is 51.7 Å². The van der Waals surface area contributed by atoms with Crippen molar-refractivity contribution in [3.63, 3.8) is 0 Å². The zero-order valence-corrected chi connectivity index (χ0v) is 14.2. The van der Waals surface area contributed by atoms with Crippen LogP contribution in [0.15, 0.2) is 29.2 Å². The SMILES string of the molecule is Cc1cccc(C)c1-n1ncc2c(=O)[nH]c(CC3CCCC3)nc21. The van der Waals surface area contributed by atoms with Gasteiger partial charge in [0, 0.05) is 6.42 Å². The molecule has 4 rings (SSSR count). The average Bonchev–Trinajstić information content (AvgIpc) is 3.18. The van der Waals surface area contributed by atoms with Gasteiger partial charge in [0.05, 0.1) is 11.9 Å². The lowest BCUT2D eigenvalue weighted by molar-refractivity contribution is 0.530. The molecule has 0 aliphatic heterocycles. The van der Waals surface area contributed by atoms with Crippen LogP contribution in [0.4, 0.5) is 0 Å². The Morgan fingerprint density at radius 3 is 2.62 bits per heavy atom. The monoisotopic (exact) mass is 322 g/mol. The Hall–Kier alpha value is -2.43. The summed E-state index contributed by atoms with van der Waals surface area (Å²) in [7, 11) is 0. The highest BCUT2D eigenvalue weighted by Gasteiger charge is 2.19. The fourth-order valence-electron chi connectivity index (χ4n) is 3.85. The molecular formula is C19H22N4O. The van der Waals surface area contributed by atoms with Crippen molar-refractivity contribution >= 4 is 11.0 Å². The fourth-order valence-corrected chi connectivity index (χ4v) is 3.85. The number of para-hydroxylation sites is 1. The van der Waals surface area contributed by atoms with Gasteiger partial charge in [0.15, 0.2) is 5.65 Å². The summed E-state index contributed by atoms with van der Waals surface area (Å²) >= 11 is 0. The summed E-state index contributed by atoms with van der Waals surface area (Å²) in [5.41, 5.74) is 3.82. The van der Waals surface area contributed by atoms with Crippen LogP contribution in [-0.2, 0) is 6.42 Å². The summed E-state index contributed by atoms with van der Waals surface area (Å²) in [4.78, 5) is 20.2. The molecule has 0 atom stereocenters. The van der Waals surface area contributed by atoms with Crippen molar-refractivity contribution in [2.24, 2.45) is 5.92 Å². The van der Waals surface area contributed by atoms with Crippen molar-refractivity contribution in [3.8, 4) is 5.69 Å². The highest BCUT2D eigenvalue weighted by Crippen LogP contribution is 2.27. The Morgan fingerprint density at radius 1 is 1.21 bits per heavy atom. The maximum Gasteiger partial charge on any atom is 0.262 e. The van der Waals surface area contributed by atoms with Crippen LogP contribution in [-0.4, -0.2) is 19.7 Å². The van der Waals surface area contributed by atoms with E-state index in [0.29, 0.717) is 17.0 Å². The molecule has 0 saturated heterocycles. The first-order chi connectivity index (χ1) is 11.6. The summed E-state index contributed by atoms with van der Waals surface area (Å²) in [5, 5.41) is 5.00. The number of fused-ring (bicyclic) bond motifs is 1. The normalized spacial score (nSPS) is 15.4. The molecule has 1 aliphatic rings. The topological polar surface area (TPSA) is 63.6 Å². The predicted molar refractivity (Wildman–Crippen MR) is 94.6 cm³/mol. The standard InChI is InChI=1S/C19H22N4O/c1-12-6-5-7-13(2)17(12)23-18-15(11-20-23)19(24)22-16(21-18)10-14-8-3-4-9-14/h5-7,11,14H,3-4,8-10H2,1-2H3,(H,21,22,24). The number of aromatic amines is 1. The van der Waals surface area contributed by atoms with E-state index in [1.165, 1.54) is 25.7 Å². The Morgan fingerprint density at radius 2 is 1.92 bits per heavy atom. The van der Waals surface area contributed by atoms with Crippen LogP contribution in [0.2, 0.25) is 0 Å². The number of benzene rings is 1. The first-order valence-electron chi connectivity index (χ1n) is 8.67. The van der Waals surface area contributed by atoms with Crippen LogP contribution < -0.4 is 5.56 Å². The van der Waals surface area contributed by atoms with Gasteiger partial charge in [-0.3, -0.25) is 4.79 Å². The smallest absolute Gasteiger partial charge is 0.262 e. The highest BCUT2D eigenvalue weighted by molar-refractivity contribution is 5.75. The largest absolute Gasteiger partial charge is 0.310 e.